The van der Waals surface area contributed by atoms with Gasteiger partial charge in [-0.2, -0.15) is 0 Å². The number of rotatable bonds is 7. The predicted octanol–water partition coefficient (Wildman–Crippen LogP) is 4.92. The van der Waals surface area contributed by atoms with Crippen LogP contribution in [-0.4, -0.2) is 36.4 Å². The van der Waals surface area contributed by atoms with E-state index in [0.29, 0.717) is 22.7 Å². The number of halogens is 3. The molecule has 1 saturated heterocycles. The van der Waals surface area contributed by atoms with Crippen LogP contribution in [0.25, 0.3) is 0 Å². The molecule has 0 bridgehead atoms. The lowest BCUT2D eigenvalue weighted by atomic mass is 9.99. The Kier molecular flexibility index (Phi) is 7.33. The molecule has 0 spiro atoms. The summed E-state index contributed by atoms with van der Waals surface area (Å²) < 4.78 is 27.1. The maximum atomic E-state index is 13.5. The van der Waals surface area contributed by atoms with Gasteiger partial charge in [0, 0.05) is 43.1 Å². The van der Waals surface area contributed by atoms with E-state index in [2.05, 4.69) is 18.5 Å². The van der Waals surface area contributed by atoms with Gasteiger partial charge in [-0.3, -0.25) is 9.69 Å². The average molecular weight is 395 g/mol. The molecule has 1 N–H and O–H groups in total. The van der Waals surface area contributed by atoms with E-state index in [1.54, 1.807) is 25.1 Å². The Morgan fingerprint density at radius 2 is 1.93 bits per heavy atom. The van der Waals surface area contributed by atoms with Gasteiger partial charge in [0.1, 0.15) is 0 Å². The van der Waals surface area contributed by atoms with Crippen LogP contribution in [0, 0.1) is 0 Å². The van der Waals surface area contributed by atoms with Crippen LogP contribution < -0.4 is 5.32 Å². The second-order valence-corrected chi connectivity index (χ2v) is 7.20. The summed E-state index contributed by atoms with van der Waals surface area (Å²) in [7, 11) is 0. The quantitative estimate of drug-likeness (QED) is 0.526. The van der Waals surface area contributed by atoms with Crippen LogP contribution in [0.4, 0.5) is 8.78 Å². The maximum absolute atomic E-state index is 13.5. The zero-order valence-electron chi connectivity index (χ0n) is 15.5. The van der Waals surface area contributed by atoms with Crippen molar-refractivity contribution in [2.45, 2.75) is 31.7 Å². The molecule has 3 nitrogen and oxygen atoms in total. The van der Waals surface area contributed by atoms with Crippen molar-refractivity contribution in [3.8, 4) is 0 Å². The molecule has 6 heteroatoms. The van der Waals surface area contributed by atoms with Gasteiger partial charge >= 0.3 is 0 Å². The summed E-state index contributed by atoms with van der Waals surface area (Å²) in [4.78, 5) is 14.5. The zero-order valence-corrected chi connectivity index (χ0v) is 16.2. The third-order valence-electron chi connectivity index (χ3n) is 4.67. The average Bonchev–Trinajstić information content (AvgIpc) is 2.61. The number of hydrogen-bond acceptors (Lipinski definition) is 2. The van der Waals surface area contributed by atoms with Crippen molar-refractivity contribution in [1.82, 2.24) is 10.2 Å². The molecular weight excluding hydrogens is 370 g/mol. The molecule has 1 amide bonds. The Labute approximate surface area is 164 Å². The Morgan fingerprint density at radius 3 is 2.44 bits per heavy atom. The second kappa shape index (κ2) is 9.29. The number of nitrogens with one attached hydrogen (secondary N) is 1. The number of piperidine rings is 1. The van der Waals surface area contributed by atoms with Crippen LogP contribution in [-0.2, 0) is 4.79 Å². The molecule has 1 unspecified atom stereocenters. The van der Waals surface area contributed by atoms with Crippen molar-refractivity contribution in [2.75, 3.05) is 19.6 Å². The Hall–Kier alpha value is -1.98. The van der Waals surface area contributed by atoms with Gasteiger partial charge in [-0.15, -0.1) is 0 Å². The van der Waals surface area contributed by atoms with Crippen LogP contribution in [0.1, 0.15) is 31.4 Å². The van der Waals surface area contributed by atoms with Gasteiger partial charge < -0.3 is 5.32 Å². The van der Waals surface area contributed by atoms with Gasteiger partial charge in [0.15, 0.2) is 0 Å². The number of hydrogen-bond donors (Lipinski definition) is 1. The molecule has 1 aliphatic heterocycles. The molecule has 1 heterocycles. The number of alkyl halides is 2. The largest absolute Gasteiger partial charge is 0.350 e. The molecular formula is C21H25ClF2N2O. The number of carbonyl (C=O) groups excluding carboxylic acids is 1. The molecule has 0 aromatic heterocycles. The molecule has 27 heavy (non-hydrogen) atoms. The van der Waals surface area contributed by atoms with Gasteiger partial charge in [0.05, 0.1) is 6.04 Å². The number of nitrogens with zero attached hydrogens (tertiary/aromatic N) is 1. The van der Waals surface area contributed by atoms with Gasteiger partial charge in [0.2, 0.25) is 0 Å². The topological polar surface area (TPSA) is 32.3 Å². The zero-order chi connectivity index (χ0) is 20.0. The standard InChI is InChI=1S/C21H25ClF2N2O/c1-4-5-18(15(2)3)20(27)25-14-19(16-6-8-17(22)9-7-16)26-12-10-21(23,24)11-13-26/h4-9,19H,1-2,10-14H2,3H3,(H,25,27)/b18-5+. The van der Waals surface area contributed by atoms with E-state index < -0.39 is 5.92 Å². The molecule has 2 rings (SSSR count). The Morgan fingerprint density at radius 1 is 1.33 bits per heavy atom. The Bertz CT molecular complexity index is 718. The first-order valence-corrected chi connectivity index (χ1v) is 9.25. The number of benzene rings is 1. The second-order valence-electron chi connectivity index (χ2n) is 6.77. The molecule has 0 saturated carbocycles. The number of amides is 1. The monoisotopic (exact) mass is 394 g/mol. The third-order valence-corrected chi connectivity index (χ3v) is 4.92. The molecule has 146 valence electrons. The highest BCUT2D eigenvalue weighted by Gasteiger charge is 2.36. The highest BCUT2D eigenvalue weighted by Crippen LogP contribution is 2.32. The van der Waals surface area contributed by atoms with E-state index in [1.807, 2.05) is 17.0 Å². The summed E-state index contributed by atoms with van der Waals surface area (Å²) in [5.41, 5.74) is 2.01. The molecule has 0 radical (unpaired) electrons. The van der Waals surface area contributed by atoms with Gasteiger partial charge in [0.25, 0.3) is 11.8 Å². The highest BCUT2D eigenvalue weighted by molar-refractivity contribution is 6.30. The van der Waals surface area contributed by atoms with Crippen LogP contribution in [0.3, 0.4) is 0 Å². The van der Waals surface area contributed by atoms with Gasteiger partial charge in [-0.05, 0) is 36.3 Å². The predicted molar refractivity (Wildman–Crippen MR) is 106 cm³/mol. The van der Waals surface area contributed by atoms with Crippen LogP contribution in [0.5, 0.6) is 0 Å². The smallest absolute Gasteiger partial charge is 0.251 e. The summed E-state index contributed by atoms with van der Waals surface area (Å²) >= 11 is 5.97. The fraction of sp³-hybridized carbons (Fsp3) is 0.381. The number of carbonyl (C=O) groups is 1. The van der Waals surface area contributed by atoms with E-state index in [4.69, 9.17) is 11.6 Å². The van der Waals surface area contributed by atoms with Crippen LogP contribution in [0.15, 0.2) is 60.7 Å². The number of allylic oxidation sites excluding steroid dienone is 2. The van der Waals surface area contributed by atoms with Crippen molar-refractivity contribution in [3.05, 3.63) is 71.3 Å². The van der Waals surface area contributed by atoms with Crippen LogP contribution >= 0.6 is 11.6 Å². The van der Waals surface area contributed by atoms with Crippen molar-refractivity contribution >= 4 is 17.5 Å². The van der Waals surface area contributed by atoms with Crippen molar-refractivity contribution in [2.24, 2.45) is 0 Å². The molecule has 1 aromatic rings. The van der Waals surface area contributed by atoms with E-state index in [0.717, 1.165) is 5.56 Å². The first-order valence-electron chi connectivity index (χ1n) is 8.87. The minimum Gasteiger partial charge on any atom is -0.350 e. The molecule has 0 aliphatic carbocycles. The molecule has 1 aromatic carbocycles. The van der Waals surface area contributed by atoms with Gasteiger partial charge in [-0.1, -0.05) is 43.0 Å². The van der Waals surface area contributed by atoms with Crippen molar-refractivity contribution < 1.29 is 13.6 Å². The fourth-order valence-corrected chi connectivity index (χ4v) is 3.25. The number of likely N-dealkylation sites (tertiary alicyclic amines) is 1. The lowest BCUT2D eigenvalue weighted by Gasteiger charge is -2.37. The molecule has 1 fully saturated rings. The van der Waals surface area contributed by atoms with E-state index in [-0.39, 0.29) is 37.9 Å². The molecule has 1 atom stereocenters. The summed E-state index contributed by atoms with van der Waals surface area (Å²) in [6.45, 7) is 10.0. The minimum absolute atomic E-state index is 0.182. The normalized spacial score (nSPS) is 18.6. The Balaban J connectivity index is 2.16. The first kappa shape index (κ1) is 21.3. The SMILES string of the molecule is C=C/C=C(\C(=C)C)C(=O)NCC(c1ccc(Cl)cc1)N1CCC(F)(F)CC1. The summed E-state index contributed by atoms with van der Waals surface area (Å²) in [5.74, 6) is -2.88. The maximum Gasteiger partial charge on any atom is 0.251 e. The molecule has 1 aliphatic rings. The summed E-state index contributed by atoms with van der Waals surface area (Å²) in [5, 5.41) is 3.50. The minimum atomic E-state index is -2.62. The lowest BCUT2D eigenvalue weighted by Crippen LogP contribution is -2.45. The lowest BCUT2D eigenvalue weighted by molar-refractivity contribution is -0.117. The summed E-state index contributed by atoms with van der Waals surface area (Å²) in [6.07, 6.45) is 2.78. The van der Waals surface area contributed by atoms with E-state index >= 15 is 0 Å². The summed E-state index contributed by atoms with van der Waals surface area (Å²) in [6, 6.07) is 7.05. The first-order chi connectivity index (χ1) is 12.7. The van der Waals surface area contributed by atoms with Crippen molar-refractivity contribution in [3.63, 3.8) is 0 Å². The van der Waals surface area contributed by atoms with E-state index in [1.165, 1.54) is 6.08 Å². The van der Waals surface area contributed by atoms with Crippen LogP contribution in [0.2, 0.25) is 5.02 Å². The van der Waals surface area contributed by atoms with E-state index in [9.17, 15) is 13.6 Å². The van der Waals surface area contributed by atoms with Gasteiger partial charge in [-0.25, -0.2) is 8.78 Å². The highest BCUT2D eigenvalue weighted by atomic mass is 35.5. The van der Waals surface area contributed by atoms with Crippen molar-refractivity contribution in [1.29, 1.82) is 0 Å². The third kappa shape index (κ3) is 6.01. The fourth-order valence-electron chi connectivity index (χ4n) is 3.12.